The number of hydrogen-bond donors (Lipinski definition) is 1. The Hall–Kier alpha value is -1.15. The molecule has 0 radical (unpaired) electrons. The summed E-state index contributed by atoms with van der Waals surface area (Å²) in [6.45, 7) is 7.08. The minimum Gasteiger partial charge on any atom is -0.493 e. The van der Waals surface area contributed by atoms with Gasteiger partial charge in [-0.05, 0) is 45.2 Å². The number of nitrogens with one attached hydrogen (secondary N) is 1. The molecule has 0 unspecified atom stereocenters. The Morgan fingerprint density at radius 2 is 1.90 bits per heavy atom. The predicted molar refractivity (Wildman–Crippen MR) is 92.8 cm³/mol. The lowest BCUT2D eigenvalue weighted by Crippen LogP contribution is -2.39. The lowest BCUT2D eigenvalue weighted by Gasteiger charge is -2.40. The standard InChI is InChI=1S/C18H25NO.ClH/c1-4-20-17-13(2)12-16-15(14(17)3)8-11-18(19-16)9-6-5-7-10-18;/h8,11-12,19H,4-7,9-10H2,1-3H3;1H. The molecule has 2 nitrogen and oxygen atoms in total. The number of ether oxygens (including phenoxy) is 1. The first-order valence-electron chi connectivity index (χ1n) is 7.90. The smallest absolute Gasteiger partial charge is 0.125 e. The van der Waals surface area contributed by atoms with Crippen molar-refractivity contribution in [3.8, 4) is 5.75 Å². The van der Waals surface area contributed by atoms with E-state index >= 15 is 0 Å². The van der Waals surface area contributed by atoms with E-state index in [4.69, 9.17) is 4.74 Å². The van der Waals surface area contributed by atoms with Gasteiger partial charge in [-0.2, -0.15) is 0 Å². The topological polar surface area (TPSA) is 21.3 Å². The summed E-state index contributed by atoms with van der Waals surface area (Å²) in [5, 5.41) is 3.82. The molecule has 1 spiro atoms. The van der Waals surface area contributed by atoms with Crippen molar-refractivity contribution >= 4 is 24.2 Å². The summed E-state index contributed by atoms with van der Waals surface area (Å²) in [5.41, 5.74) is 5.29. The van der Waals surface area contributed by atoms with E-state index in [0.29, 0.717) is 0 Å². The van der Waals surface area contributed by atoms with Gasteiger partial charge in [-0.25, -0.2) is 0 Å². The average Bonchev–Trinajstić information content (AvgIpc) is 2.44. The monoisotopic (exact) mass is 307 g/mol. The van der Waals surface area contributed by atoms with Gasteiger partial charge in [0.25, 0.3) is 0 Å². The summed E-state index contributed by atoms with van der Waals surface area (Å²) >= 11 is 0. The highest BCUT2D eigenvalue weighted by molar-refractivity contribution is 5.85. The van der Waals surface area contributed by atoms with Crippen molar-refractivity contribution in [1.82, 2.24) is 0 Å². The molecule has 1 fully saturated rings. The van der Waals surface area contributed by atoms with E-state index in [9.17, 15) is 0 Å². The molecule has 0 aromatic heterocycles. The third-order valence-electron chi connectivity index (χ3n) is 4.74. The SMILES string of the molecule is CCOc1c(C)cc2c(c1C)C=CC1(CCCCC1)N2.Cl. The normalized spacial score (nSPS) is 18.6. The lowest BCUT2D eigenvalue weighted by atomic mass is 9.78. The zero-order chi connectivity index (χ0) is 14.2. The Morgan fingerprint density at radius 1 is 1.19 bits per heavy atom. The molecule has 1 heterocycles. The molecule has 0 atom stereocenters. The van der Waals surface area contributed by atoms with Crippen LogP contribution < -0.4 is 10.1 Å². The highest BCUT2D eigenvalue weighted by Crippen LogP contribution is 2.42. The quantitative estimate of drug-likeness (QED) is 0.804. The highest BCUT2D eigenvalue weighted by Gasteiger charge is 2.32. The first-order chi connectivity index (χ1) is 9.65. The summed E-state index contributed by atoms with van der Waals surface area (Å²) in [5.74, 6) is 1.05. The molecule has 3 rings (SSSR count). The van der Waals surface area contributed by atoms with E-state index in [0.717, 1.165) is 12.4 Å². The molecule has 1 N–H and O–H groups in total. The molecule has 116 valence electrons. The molecule has 1 aromatic carbocycles. The lowest BCUT2D eigenvalue weighted by molar-refractivity contribution is 0.335. The number of hydrogen-bond acceptors (Lipinski definition) is 2. The summed E-state index contributed by atoms with van der Waals surface area (Å²) in [6, 6.07) is 2.26. The van der Waals surface area contributed by atoms with E-state index < -0.39 is 0 Å². The van der Waals surface area contributed by atoms with Crippen molar-refractivity contribution in [3.63, 3.8) is 0 Å². The minimum atomic E-state index is 0. The zero-order valence-electron chi connectivity index (χ0n) is 13.3. The van der Waals surface area contributed by atoms with Gasteiger partial charge in [0.1, 0.15) is 5.75 Å². The summed E-state index contributed by atoms with van der Waals surface area (Å²) in [6.07, 6.45) is 11.3. The van der Waals surface area contributed by atoms with Crippen molar-refractivity contribution in [1.29, 1.82) is 0 Å². The van der Waals surface area contributed by atoms with Crippen LogP contribution >= 0.6 is 12.4 Å². The molecule has 1 aliphatic carbocycles. The predicted octanol–water partition coefficient (Wildman–Crippen LogP) is 5.27. The van der Waals surface area contributed by atoms with Gasteiger partial charge < -0.3 is 10.1 Å². The van der Waals surface area contributed by atoms with Crippen molar-refractivity contribution in [2.24, 2.45) is 0 Å². The van der Waals surface area contributed by atoms with Crippen LogP contribution in [-0.4, -0.2) is 12.1 Å². The summed E-state index contributed by atoms with van der Waals surface area (Å²) in [4.78, 5) is 0. The van der Waals surface area contributed by atoms with Crippen molar-refractivity contribution < 1.29 is 4.74 Å². The Balaban J connectivity index is 0.00000161. The molecule has 0 bridgehead atoms. The summed E-state index contributed by atoms with van der Waals surface area (Å²) < 4.78 is 5.81. The number of benzene rings is 1. The van der Waals surface area contributed by atoms with Crippen LogP contribution in [0.3, 0.4) is 0 Å². The number of aryl methyl sites for hydroxylation is 1. The van der Waals surface area contributed by atoms with Crippen LogP contribution in [0.1, 0.15) is 55.7 Å². The van der Waals surface area contributed by atoms with Gasteiger partial charge in [-0.1, -0.05) is 31.4 Å². The van der Waals surface area contributed by atoms with Crippen LogP contribution in [0.15, 0.2) is 12.1 Å². The van der Waals surface area contributed by atoms with E-state index in [1.54, 1.807) is 0 Å². The molecule has 2 aliphatic rings. The van der Waals surface area contributed by atoms with Crippen LogP contribution in [0, 0.1) is 13.8 Å². The molecule has 0 amide bonds. The largest absolute Gasteiger partial charge is 0.493 e. The average molecular weight is 308 g/mol. The van der Waals surface area contributed by atoms with Crippen molar-refractivity contribution in [3.05, 3.63) is 28.8 Å². The van der Waals surface area contributed by atoms with Crippen LogP contribution in [0.5, 0.6) is 5.75 Å². The second kappa shape index (κ2) is 6.31. The maximum Gasteiger partial charge on any atom is 0.125 e. The molecule has 3 heteroatoms. The fourth-order valence-electron chi connectivity index (χ4n) is 3.69. The van der Waals surface area contributed by atoms with Crippen LogP contribution in [0.4, 0.5) is 5.69 Å². The number of anilines is 1. The molecule has 1 aromatic rings. The Kier molecular flexibility index (Phi) is 4.88. The summed E-state index contributed by atoms with van der Waals surface area (Å²) in [7, 11) is 0. The third-order valence-corrected chi connectivity index (χ3v) is 4.74. The van der Waals surface area contributed by atoms with E-state index in [1.165, 1.54) is 54.5 Å². The highest BCUT2D eigenvalue weighted by atomic mass is 35.5. The van der Waals surface area contributed by atoms with Crippen LogP contribution in [0.25, 0.3) is 6.08 Å². The van der Waals surface area contributed by atoms with Crippen LogP contribution in [-0.2, 0) is 0 Å². The number of halogens is 1. The second-order valence-corrected chi connectivity index (χ2v) is 6.22. The Morgan fingerprint density at radius 3 is 2.57 bits per heavy atom. The minimum absolute atomic E-state index is 0. The van der Waals surface area contributed by atoms with Gasteiger partial charge >= 0.3 is 0 Å². The molecule has 1 aliphatic heterocycles. The number of rotatable bonds is 2. The van der Waals surface area contributed by atoms with E-state index in [2.05, 4.69) is 37.4 Å². The van der Waals surface area contributed by atoms with Crippen molar-refractivity contribution in [2.75, 3.05) is 11.9 Å². The van der Waals surface area contributed by atoms with E-state index in [-0.39, 0.29) is 17.9 Å². The maximum atomic E-state index is 5.81. The molecule has 1 saturated carbocycles. The Bertz CT molecular complexity index is 545. The zero-order valence-corrected chi connectivity index (χ0v) is 14.1. The molecule has 0 saturated heterocycles. The third kappa shape index (κ3) is 2.91. The molecule has 21 heavy (non-hydrogen) atoms. The van der Waals surface area contributed by atoms with Gasteiger partial charge in [-0.3, -0.25) is 0 Å². The van der Waals surface area contributed by atoms with E-state index in [1.807, 2.05) is 6.92 Å². The molecular formula is C18H26ClNO. The first kappa shape index (κ1) is 16.2. The maximum absolute atomic E-state index is 5.81. The fourth-order valence-corrected chi connectivity index (χ4v) is 3.69. The van der Waals surface area contributed by atoms with Gasteiger partial charge in [0, 0.05) is 16.8 Å². The second-order valence-electron chi connectivity index (χ2n) is 6.22. The van der Waals surface area contributed by atoms with Gasteiger partial charge in [0.2, 0.25) is 0 Å². The first-order valence-corrected chi connectivity index (χ1v) is 7.90. The van der Waals surface area contributed by atoms with Gasteiger partial charge in [0.15, 0.2) is 0 Å². The van der Waals surface area contributed by atoms with Crippen molar-refractivity contribution in [2.45, 2.75) is 58.4 Å². The molecular weight excluding hydrogens is 282 g/mol. The van der Waals surface area contributed by atoms with Crippen LogP contribution in [0.2, 0.25) is 0 Å². The Labute approximate surface area is 134 Å². The number of fused-ring (bicyclic) bond motifs is 1. The van der Waals surface area contributed by atoms with Gasteiger partial charge in [-0.15, -0.1) is 12.4 Å². The van der Waals surface area contributed by atoms with Gasteiger partial charge in [0.05, 0.1) is 12.1 Å². The fraction of sp³-hybridized carbons (Fsp3) is 0.556.